The summed E-state index contributed by atoms with van der Waals surface area (Å²) in [5.74, 6) is -0.118. The van der Waals surface area contributed by atoms with Gasteiger partial charge in [0.2, 0.25) is 11.8 Å². The van der Waals surface area contributed by atoms with Crippen molar-refractivity contribution in [1.82, 2.24) is 20.0 Å². The Morgan fingerprint density at radius 3 is 2.75 bits per heavy atom. The Bertz CT molecular complexity index is 997. The lowest BCUT2D eigenvalue weighted by Crippen LogP contribution is -2.49. The average Bonchev–Trinajstić information content (AvgIpc) is 3.40. The van der Waals surface area contributed by atoms with Gasteiger partial charge in [0.05, 0.1) is 25.4 Å². The highest BCUT2D eigenvalue weighted by molar-refractivity contribution is 5.85. The Morgan fingerprint density at radius 1 is 1.25 bits per heavy atom. The highest BCUT2D eigenvalue weighted by Crippen LogP contribution is 2.50. The molecule has 3 fully saturated rings. The first-order valence-corrected chi connectivity index (χ1v) is 9.58. The third kappa shape index (κ3) is 2.37. The number of nitrogens with one attached hydrogen (secondary N) is 2. The number of ether oxygens (including phenoxy) is 1. The zero-order valence-corrected chi connectivity index (χ0v) is 15.6. The Kier molecular flexibility index (Phi) is 3.74. The van der Waals surface area contributed by atoms with E-state index in [0.717, 1.165) is 5.56 Å². The first-order valence-electron chi connectivity index (χ1n) is 9.58. The van der Waals surface area contributed by atoms with Crippen molar-refractivity contribution in [1.29, 1.82) is 0 Å². The quantitative estimate of drug-likeness (QED) is 0.822. The normalized spacial score (nSPS) is 28.7. The van der Waals surface area contributed by atoms with Crippen molar-refractivity contribution in [2.45, 2.75) is 44.1 Å². The number of rotatable bonds is 3. The van der Waals surface area contributed by atoms with Crippen molar-refractivity contribution in [3.63, 3.8) is 0 Å². The van der Waals surface area contributed by atoms with Gasteiger partial charge in [-0.3, -0.25) is 19.5 Å². The summed E-state index contributed by atoms with van der Waals surface area (Å²) < 4.78 is 6.45. The lowest BCUT2D eigenvalue weighted by atomic mass is 10.1. The van der Waals surface area contributed by atoms with Crippen LogP contribution in [0.2, 0.25) is 0 Å². The van der Waals surface area contributed by atoms with E-state index in [1.54, 1.807) is 11.8 Å². The molecule has 0 aliphatic carbocycles. The molecule has 2 aromatic rings. The van der Waals surface area contributed by atoms with Gasteiger partial charge >= 0.3 is 0 Å². The Labute approximate surface area is 161 Å². The predicted molar refractivity (Wildman–Crippen MR) is 99.3 cm³/mol. The summed E-state index contributed by atoms with van der Waals surface area (Å²) in [7, 11) is 0. The number of aryl methyl sites for hydroxylation is 1. The fourth-order valence-corrected chi connectivity index (χ4v) is 4.90. The number of carbonyl (C=O) groups excluding carboxylic acids is 2. The number of hydrogen-bond donors (Lipinski definition) is 2. The monoisotopic (exact) mass is 382 g/mol. The summed E-state index contributed by atoms with van der Waals surface area (Å²) in [4.78, 5) is 41.1. The molecule has 146 valence electrons. The Hall–Kier alpha value is -2.87. The molecule has 3 saturated heterocycles. The van der Waals surface area contributed by atoms with Crippen LogP contribution in [0.5, 0.6) is 0 Å². The zero-order chi connectivity index (χ0) is 19.5. The van der Waals surface area contributed by atoms with Gasteiger partial charge in [-0.15, -0.1) is 0 Å². The summed E-state index contributed by atoms with van der Waals surface area (Å²) in [6.07, 6.45) is 0.710. The van der Waals surface area contributed by atoms with E-state index in [1.807, 2.05) is 35.2 Å². The summed E-state index contributed by atoms with van der Waals surface area (Å²) in [6.45, 7) is 2.80. The van der Waals surface area contributed by atoms with E-state index in [0.29, 0.717) is 30.8 Å². The molecule has 1 aromatic carbocycles. The maximum absolute atomic E-state index is 13.0. The SMILES string of the molecule is Cc1[nH][nH]c(=O)c1CC(=O)N1CC[C@@]23O[C@H](c4ccccc4)CN2C(=O)C[C@@H]13. The molecule has 0 saturated carbocycles. The molecule has 3 aliphatic heterocycles. The summed E-state index contributed by atoms with van der Waals surface area (Å²) in [6, 6.07) is 9.57. The number of benzene rings is 1. The first kappa shape index (κ1) is 17.2. The van der Waals surface area contributed by atoms with Gasteiger partial charge in [0, 0.05) is 24.2 Å². The second-order valence-electron chi connectivity index (χ2n) is 7.78. The van der Waals surface area contributed by atoms with Crippen LogP contribution in [0, 0.1) is 6.92 Å². The van der Waals surface area contributed by atoms with Gasteiger partial charge < -0.3 is 19.6 Å². The zero-order valence-electron chi connectivity index (χ0n) is 15.6. The molecular formula is C20H22N4O4. The van der Waals surface area contributed by atoms with Crippen molar-refractivity contribution in [2.75, 3.05) is 13.1 Å². The molecule has 8 heteroatoms. The average molecular weight is 382 g/mol. The number of H-pyrrole nitrogens is 2. The largest absolute Gasteiger partial charge is 0.343 e. The highest BCUT2D eigenvalue weighted by atomic mass is 16.5. The van der Waals surface area contributed by atoms with Crippen LogP contribution in [-0.4, -0.2) is 56.7 Å². The molecule has 5 rings (SSSR count). The minimum Gasteiger partial charge on any atom is -0.343 e. The van der Waals surface area contributed by atoms with Gasteiger partial charge in [-0.1, -0.05) is 30.3 Å². The van der Waals surface area contributed by atoms with Crippen LogP contribution >= 0.6 is 0 Å². The van der Waals surface area contributed by atoms with E-state index in [9.17, 15) is 14.4 Å². The minimum absolute atomic E-state index is 0.0214. The van der Waals surface area contributed by atoms with Crippen molar-refractivity contribution < 1.29 is 14.3 Å². The smallest absolute Gasteiger partial charge is 0.267 e. The van der Waals surface area contributed by atoms with E-state index >= 15 is 0 Å². The molecule has 4 heterocycles. The molecule has 2 amide bonds. The van der Waals surface area contributed by atoms with Crippen LogP contribution in [0.15, 0.2) is 35.1 Å². The van der Waals surface area contributed by atoms with Crippen LogP contribution in [0.1, 0.15) is 35.8 Å². The van der Waals surface area contributed by atoms with Crippen LogP contribution in [-0.2, 0) is 20.7 Å². The van der Waals surface area contributed by atoms with E-state index in [2.05, 4.69) is 10.2 Å². The summed E-state index contributed by atoms with van der Waals surface area (Å²) >= 11 is 0. The van der Waals surface area contributed by atoms with Gasteiger partial charge in [-0.05, 0) is 12.5 Å². The number of aromatic amines is 2. The topological polar surface area (TPSA) is 98.5 Å². The van der Waals surface area contributed by atoms with Crippen molar-refractivity contribution in [3.05, 3.63) is 57.5 Å². The van der Waals surface area contributed by atoms with E-state index in [4.69, 9.17) is 4.74 Å². The third-order valence-electron chi connectivity index (χ3n) is 6.34. The van der Waals surface area contributed by atoms with Gasteiger partial charge in [-0.25, -0.2) is 0 Å². The number of nitrogens with zero attached hydrogens (tertiary/aromatic N) is 2. The van der Waals surface area contributed by atoms with Crippen LogP contribution in [0.25, 0.3) is 0 Å². The van der Waals surface area contributed by atoms with Crippen molar-refractivity contribution >= 4 is 11.8 Å². The molecular weight excluding hydrogens is 360 g/mol. The fraction of sp³-hybridized carbons (Fsp3) is 0.450. The summed E-state index contributed by atoms with van der Waals surface area (Å²) in [5, 5.41) is 5.26. The Balaban J connectivity index is 1.40. The number of carbonyl (C=O) groups is 2. The number of hydrogen-bond acceptors (Lipinski definition) is 4. The highest BCUT2D eigenvalue weighted by Gasteiger charge is 2.64. The van der Waals surface area contributed by atoms with E-state index < -0.39 is 5.72 Å². The standard InChI is InChI=1S/C20H22N4O4/c1-12-14(19(27)22-21-12)9-17(25)23-8-7-20-16(23)10-18(26)24(20)11-15(28-20)13-5-3-2-4-6-13/h2-6,15-16H,7-11H2,1H3,(H2,21,22,27)/t15-,16+,20-/m0/s1. The number of amides is 2. The van der Waals surface area contributed by atoms with Crippen molar-refractivity contribution in [2.24, 2.45) is 0 Å². The second-order valence-corrected chi connectivity index (χ2v) is 7.78. The molecule has 3 aliphatic rings. The third-order valence-corrected chi connectivity index (χ3v) is 6.34. The molecule has 0 radical (unpaired) electrons. The minimum atomic E-state index is -0.743. The van der Waals surface area contributed by atoms with E-state index in [-0.39, 0.29) is 42.4 Å². The first-order chi connectivity index (χ1) is 13.5. The molecule has 3 atom stereocenters. The van der Waals surface area contributed by atoms with Crippen LogP contribution in [0.4, 0.5) is 0 Å². The lowest BCUT2D eigenvalue weighted by Gasteiger charge is -2.32. The fourth-order valence-electron chi connectivity index (χ4n) is 4.90. The van der Waals surface area contributed by atoms with E-state index in [1.165, 1.54) is 0 Å². The molecule has 28 heavy (non-hydrogen) atoms. The maximum Gasteiger partial charge on any atom is 0.267 e. The molecule has 1 spiro atoms. The van der Waals surface area contributed by atoms with Crippen LogP contribution in [0.3, 0.4) is 0 Å². The maximum atomic E-state index is 13.0. The number of likely N-dealkylation sites (tertiary alicyclic amines) is 1. The molecule has 8 nitrogen and oxygen atoms in total. The Morgan fingerprint density at radius 2 is 2.04 bits per heavy atom. The second kappa shape index (κ2) is 6.07. The van der Waals surface area contributed by atoms with Gasteiger partial charge in [0.25, 0.3) is 5.56 Å². The van der Waals surface area contributed by atoms with Gasteiger partial charge in [0.15, 0.2) is 5.72 Å². The van der Waals surface area contributed by atoms with Gasteiger partial charge in [0.1, 0.15) is 6.10 Å². The van der Waals surface area contributed by atoms with Crippen LogP contribution < -0.4 is 5.56 Å². The molecule has 0 bridgehead atoms. The molecule has 2 N–H and O–H groups in total. The number of aromatic nitrogens is 2. The lowest BCUT2D eigenvalue weighted by molar-refractivity contribution is -0.142. The molecule has 0 unspecified atom stereocenters. The summed E-state index contributed by atoms with van der Waals surface area (Å²) in [5.41, 5.74) is 1.13. The van der Waals surface area contributed by atoms with Crippen molar-refractivity contribution in [3.8, 4) is 0 Å². The predicted octanol–water partition coefficient (Wildman–Crippen LogP) is 0.855. The van der Waals surface area contributed by atoms with Gasteiger partial charge in [-0.2, -0.15) is 0 Å². The molecule has 1 aromatic heterocycles.